The second kappa shape index (κ2) is 9.17. The van der Waals surface area contributed by atoms with Gasteiger partial charge in [0.15, 0.2) is 5.82 Å². The molecule has 26 heavy (non-hydrogen) atoms. The molecule has 0 saturated heterocycles. The smallest absolute Gasteiger partial charge is 0.306 e. The van der Waals surface area contributed by atoms with Gasteiger partial charge in [0.2, 0.25) is 5.91 Å². The molecule has 0 radical (unpaired) electrons. The second-order valence-electron chi connectivity index (χ2n) is 7.13. The Morgan fingerprint density at radius 1 is 1.12 bits per heavy atom. The number of anilines is 1. The first-order chi connectivity index (χ1) is 12.4. The molecule has 6 heteroatoms. The van der Waals surface area contributed by atoms with E-state index in [1.54, 1.807) is 16.9 Å². The zero-order valence-electron chi connectivity index (χ0n) is 15.6. The monoisotopic (exact) mass is 357 g/mol. The number of hydrogen-bond donors (Lipinski definition) is 2. The summed E-state index contributed by atoms with van der Waals surface area (Å²) >= 11 is 0. The topological polar surface area (TPSA) is 84.2 Å². The average Bonchev–Trinajstić information content (AvgIpc) is 3.03. The van der Waals surface area contributed by atoms with E-state index in [0.29, 0.717) is 18.2 Å². The van der Waals surface area contributed by atoms with Gasteiger partial charge in [0, 0.05) is 18.7 Å². The normalized spacial score (nSPS) is 13.4. The highest BCUT2D eigenvalue weighted by Gasteiger charge is 2.26. The Bertz CT molecular complexity index is 725. The lowest BCUT2D eigenvalue weighted by molar-refractivity contribution is -0.144. The third-order valence-electron chi connectivity index (χ3n) is 4.44. The van der Waals surface area contributed by atoms with E-state index in [1.165, 1.54) is 0 Å². The van der Waals surface area contributed by atoms with E-state index in [9.17, 15) is 14.7 Å². The summed E-state index contributed by atoms with van der Waals surface area (Å²) in [6.07, 6.45) is 3.36. The van der Waals surface area contributed by atoms with Crippen molar-refractivity contribution < 1.29 is 14.7 Å². The zero-order valence-corrected chi connectivity index (χ0v) is 15.6. The zero-order chi connectivity index (χ0) is 19.1. The van der Waals surface area contributed by atoms with Gasteiger partial charge in [0.05, 0.1) is 11.6 Å². The van der Waals surface area contributed by atoms with Gasteiger partial charge in [0.25, 0.3) is 0 Å². The number of aliphatic carboxylic acids is 1. The number of benzene rings is 1. The van der Waals surface area contributed by atoms with Crippen molar-refractivity contribution in [2.75, 3.05) is 5.32 Å². The van der Waals surface area contributed by atoms with E-state index in [1.807, 2.05) is 37.3 Å². The molecule has 0 aliphatic rings. The number of carbonyl (C=O) groups is 2. The number of carboxylic acids is 1. The van der Waals surface area contributed by atoms with Crippen LogP contribution >= 0.6 is 0 Å². The Kier molecular flexibility index (Phi) is 6.95. The van der Waals surface area contributed by atoms with Crippen LogP contribution in [0, 0.1) is 17.8 Å². The number of para-hydroxylation sites is 1. The third kappa shape index (κ3) is 5.72. The molecule has 1 aromatic heterocycles. The molecule has 1 amide bonds. The number of rotatable bonds is 9. The van der Waals surface area contributed by atoms with Gasteiger partial charge in [-0.25, -0.2) is 4.68 Å². The second-order valence-corrected chi connectivity index (χ2v) is 7.13. The van der Waals surface area contributed by atoms with Crippen molar-refractivity contribution in [3.8, 4) is 5.69 Å². The van der Waals surface area contributed by atoms with Crippen LogP contribution < -0.4 is 5.32 Å². The summed E-state index contributed by atoms with van der Waals surface area (Å²) in [7, 11) is 0. The van der Waals surface area contributed by atoms with E-state index in [4.69, 9.17) is 0 Å². The van der Waals surface area contributed by atoms with Gasteiger partial charge in [-0.2, -0.15) is 5.10 Å². The maximum atomic E-state index is 12.3. The summed E-state index contributed by atoms with van der Waals surface area (Å²) in [6, 6.07) is 11.3. The van der Waals surface area contributed by atoms with Crippen LogP contribution in [-0.2, 0) is 9.59 Å². The summed E-state index contributed by atoms with van der Waals surface area (Å²) in [5, 5.41) is 16.5. The summed E-state index contributed by atoms with van der Waals surface area (Å²) < 4.78 is 1.68. The van der Waals surface area contributed by atoms with Crippen molar-refractivity contribution in [1.29, 1.82) is 0 Å². The van der Waals surface area contributed by atoms with Gasteiger partial charge >= 0.3 is 5.97 Å². The van der Waals surface area contributed by atoms with Crippen molar-refractivity contribution in [1.82, 2.24) is 9.78 Å². The van der Waals surface area contributed by atoms with E-state index in [0.717, 1.165) is 12.1 Å². The quantitative estimate of drug-likeness (QED) is 0.711. The molecule has 1 heterocycles. The Morgan fingerprint density at radius 2 is 1.81 bits per heavy atom. The van der Waals surface area contributed by atoms with Crippen LogP contribution in [0.15, 0.2) is 42.6 Å². The van der Waals surface area contributed by atoms with E-state index >= 15 is 0 Å². The number of nitrogens with zero attached hydrogens (tertiary/aromatic N) is 2. The molecular formula is C20H27N3O3. The molecule has 2 aromatic rings. The standard InChI is InChI=1S/C20H27N3O3/c1-14(2)9-10-17(20(25)26)15(3)13-19(24)21-18-11-12-23(22-18)16-7-5-4-6-8-16/h4-8,11-12,14-15,17H,9-10,13H2,1-3H3,(H,25,26)(H,21,22,24)/t15-,17+/m1/s1. The number of carboxylic acid groups (broad SMARTS) is 1. The maximum Gasteiger partial charge on any atom is 0.306 e. The van der Waals surface area contributed by atoms with E-state index in [2.05, 4.69) is 24.3 Å². The molecule has 2 rings (SSSR count). The minimum atomic E-state index is -0.834. The number of amides is 1. The van der Waals surface area contributed by atoms with Crippen LogP contribution in [-0.4, -0.2) is 26.8 Å². The minimum Gasteiger partial charge on any atom is -0.481 e. The van der Waals surface area contributed by atoms with Gasteiger partial charge < -0.3 is 10.4 Å². The fourth-order valence-corrected chi connectivity index (χ4v) is 2.91. The van der Waals surface area contributed by atoms with Crippen LogP contribution in [0.25, 0.3) is 5.69 Å². The molecule has 0 saturated carbocycles. The van der Waals surface area contributed by atoms with Gasteiger partial charge in [0.1, 0.15) is 0 Å². The van der Waals surface area contributed by atoms with Crippen LogP contribution in [0.2, 0.25) is 0 Å². The van der Waals surface area contributed by atoms with Gasteiger partial charge in [-0.1, -0.05) is 45.4 Å². The SMILES string of the molecule is CC(C)CC[C@H](C(=O)O)[C@H](C)CC(=O)Nc1ccn(-c2ccccc2)n1. The van der Waals surface area contributed by atoms with Crippen molar-refractivity contribution >= 4 is 17.7 Å². The maximum absolute atomic E-state index is 12.3. The molecule has 2 N–H and O–H groups in total. The van der Waals surface area contributed by atoms with Crippen molar-refractivity contribution in [3.63, 3.8) is 0 Å². The lowest BCUT2D eigenvalue weighted by Crippen LogP contribution is -2.26. The molecule has 0 fully saturated rings. The molecule has 1 aromatic carbocycles. The van der Waals surface area contributed by atoms with Crippen LogP contribution in [0.1, 0.15) is 40.0 Å². The Hall–Kier alpha value is -2.63. The molecule has 6 nitrogen and oxygen atoms in total. The summed E-state index contributed by atoms with van der Waals surface area (Å²) in [4.78, 5) is 23.8. The van der Waals surface area contributed by atoms with Gasteiger partial charge in [-0.05, 0) is 30.4 Å². The van der Waals surface area contributed by atoms with Crippen molar-refractivity contribution in [2.24, 2.45) is 17.8 Å². The van der Waals surface area contributed by atoms with E-state index < -0.39 is 11.9 Å². The van der Waals surface area contributed by atoms with Crippen LogP contribution in [0.4, 0.5) is 5.82 Å². The first-order valence-electron chi connectivity index (χ1n) is 9.00. The molecule has 0 unspecified atom stereocenters. The van der Waals surface area contributed by atoms with Crippen LogP contribution in [0.5, 0.6) is 0 Å². The molecule has 2 atom stereocenters. The highest BCUT2D eigenvalue weighted by atomic mass is 16.4. The molecule has 140 valence electrons. The fourth-order valence-electron chi connectivity index (χ4n) is 2.91. The Morgan fingerprint density at radius 3 is 2.42 bits per heavy atom. The Labute approximate surface area is 154 Å². The predicted octanol–water partition coefficient (Wildman–Crippen LogP) is 3.97. The summed E-state index contributed by atoms with van der Waals surface area (Å²) in [5.74, 6) is -0.890. The molecular weight excluding hydrogens is 330 g/mol. The summed E-state index contributed by atoms with van der Waals surface area (Å²) in [5.41, 5.74) is 0.904. The number of nitrogens with one attached hydrogen (secondary N) is 1. The lowest BCUT2D eigenvalue weighted by Gasteiger charge is -2.20. The average molecular weight is 357 g/mol. The Balaban J connectivity index is 1.93. The summed E-state index contributed by atoms with van der Waals surface area (Å²) in [6.45, 7) is 5.96. The first kappa shape index (κ1) is 19.7. The number of hydrogen-bond acceptors (Lipinski definition) is 3. The van der Waals surface area contributed by atoms with Crippen molar-refractivity contribution in [3.05, 3.63) is 42.6 Å². The molecule has 0 aliphatic carbocycles. The van der Waals surface area contributed by atoms with Gasteiger partial charge in [-0.15, -0.1) is 0 Å². The van der Waals surface area contributed by atoms with Crippen LogP contribution in [0.3, 0.4) is 0 Å². The molecule has 0 aliphatic heterocycles. The predicted molar refractivity (Wildman–Crippen MR) is 101 cm³/mol. The minimum absolute atomic E-state index is 0.160. The van der Waals surface area contributed by atoms with E-state index in [-0.39, 0.29) is 18.2 Å². The third-order valence-corrected chi connectivity index (χ3v) is 4.44. The lowest BCUT2D eigenvalue weighted by atomic mass is 9.85. The highest BCUT2D eigenvalue weighted by molar-refractivity contribution is 5.90. The highest BCUT2D eigenvalue weighted by Crippen LogP contribution is 2.24. The largest absolute Gasteiger partial charge is 0.481 e. The first-order valence-corrected chi connectivity index (χ1v) is 9.00. The molecule has 0 spiro atoms. The molecule has 0 bridgehead atoms. The number of carbonyl (C=O) groups excluding carboxylic acids is 1. The van der Waals surface area contributed by atoms with Crippen molar-refractivity contribution in [2.45, 2.75) is 40.0 Å². The fraction of sp³-hybridized carbons (Fsp3) is 0.450. The number of aromatic nitrogens is 2. The van der Waals surface area contributed by atoms with Gasteiger partial charge in [-0.3, -0.25) is 9.59 Å².